The van der Waals surface area contributed by atoms with Crippen molar-refractivity contribution >= 4 is 50.7 Å². The summed E-state index contributed by atoms with van der Waals surface area (Å²) in [4.78, 5) is 39.0. The van der Waals surface area contributed by atoms with Gasteiger partial charge < -0.3 is 10.3 Å². The van der Waals surface area contributed by atoms with Crippen LogP contribution in [0.3, 0.4) is 0 Å². The Morgan fingerprint density at radius 1 is 0.905 bits per heavy atom. The van der Waals surface area contributed by atoms with Crippen molar-refractivity contribution in [1.82, 2.24) is 25.1 Å². The van der Waals surface area contributed by atoms with E-state index in [2.05, 4.69) is 37.6 Å². The SMILES string of the molecule is CC(=O)c1ccc(-c2cccc3[nH]c(-c4n[nH]c5ccc(-c6cncc(NC(=O)Cc7ccccc7)c6)nc45)cc23)s1. The molecule has 5 aromatic heterocycles. The molecule has 7 rings (SSSR count). The molecule has 0 bridgehead atoms. The van der Waals surface area contributed by atoms with Gasteiger partial charge in [-0.25, -0.2) is 4.98 Å². The molecule has 0 atom stereocenters. The smallest absolute Gasteiger partial charge is 0.228 e. The van der Waals surface area contributed by atoms with Gasteiger partial charge in [0.25, 0.3) is 0 Å². The van der Waals surface area contributed by atoms with Crippen molar-refractivity contribution in [2.24, 2.45) is 0 Å². The molecule has 0 fully saturated rings. The number of benzene rings is 2. The molecule has 1 amide bonds. The van der Waals surface area contributed by atoms with Crippen LogP contribution in [0.2, 0.25) is 0 Å². The summed E-state index contributed by atoms with van der Waals surface area (Å²) in [6, 6.07) is 27.4. The summed E-state index contributed by atoms with van der Waals surface area (Å²) < 4.78 is 0. The molecular weight excluding hydrogens is 544 g/mol. The maximum atomic E-state index is 12.6. The maximum absolute atomic E-state index is 12.6. The first-order chi connectivity index (χ1) is 20.5. The van der Waals surface area contributed by atoms with Crippen molar-refractivity contribution < 1.29 is 9.59 Å². The largest absolute Gasteiger partial charge is 0.353 e. The number of carbonyl (C=O) groups is 2. The first kappa shape index (κ1) is 25.6. The summed E-state index contributed by atoms with van der Waals surface area (Å²) in [5.41, 5.74) is 8.11. The average molecular weight is 569 g/mol. The van der Waals surface area contributed by atoms with E-state index >= 15 is 0 Å². The number of pyridine rings is 2. The van der Waals surface area contributed by atoms with E-state index in [-0.39, 0.29) is 18.1 Å². The molecule has 0 aliphatic heterocycles. The number of thiophene rings is 1. The van der Waals surface area contributed by atoms with Crippen LogP contribution in [0.5, 0.6) is 0 Å². The van der Waals surface area contributed by atoms with E-state index in [1.54, 1.807) is 19.3 Å². The lowest BCUT2D eigenvalue weighted by Gasteiger charge is -2.07. The third-order valence-corrected chi connectivity index (χ3v) is 8.29. The number of anilines is 1. The molecular formula is C33H24N6O2S. The van der Waals surface area contributed by atoms with E-state index in [0.717, 1.165) is 48.6 Å². The van der Waals surface area contributed by atoms with Crippen LogP contribution in [0.1, 0.15) is 22.2 Å². The van der Waals surface area contributed by atoms with Crippen LogP contribution in [0.25, 0.3) is 55.0 Å². The molecule has 8 nitrogen and oxygen atoms in total. The van der Waals surface area contributed by atoms with Gasteiger partial charge in [0.05, 0.1) is 40.1 Å². The second kappa shape index (κ2) is 10.5. The van der Waals surface area contributed by atoms with Crippen LogP contribution in [-0.2, 0) is 11.2 Å². The lowest BCUT2D eigenvalue weighted by Crippen LogP contribution is -2.14. The van der Waals surface area contributed by atoms with Crippen molar-refractivity contribution in [3.63, 3.8) is 0 Å². The van der Waals surface area contributed by atoms with Gasteiger partial charge in [-0.05, 0) is 55.0 Å². The number of rotatable bonds is 7. The average Bonchev–Trinajstić information content (AvgIpc) is 3.75. The number of fused-ring (bicyclic) bond motifs is 2. The van der Waals surface area contributed by atoms with Gasteiger partial charge in [-0.1, -0.05) is 42.5 Å². The van der Waals surface area contributed by atoms with Crippen LogP contribution in [0.15, 0.2) is 97.3 Å². The van der Waals surface area contributed by atoms with Crippen molar-refractivity contribution in [3.05, 3.63) is 108 Å². The Hall–Kier alpha value is -5.41. The van der Waals surface area contributed by atoms with E-state index in [1.165, 1.54) is 11.3 Å². The van der Waals surface area contributed by atoms with Gasteiger partial charge in [-0.15, -0.1) is 11.3 Å². The monoisotopic (exact) mass is 568 g/mol. The second-order valence-corrected chi connectivity index (χ2v) is 11.1. The summed E-state index contributed by atoms with van der Waals surface area (Å²) in [6.07, 6.45) is 3.64. The van der Waals surface area contributed by atoms with Crippen molar-refractivity contribution in [3.8, 4) is 33.1 Å². The Morgan fingerprint density at radius 3 is 2.62 bits per heavy atom. The summed E-state index contributed by atoms with van der Waals surface area (Å²) in [6.45, 7) is 1.59. The zero-order chi connectivity index (χ0) is 28.6. The Kier molecular flexibility index (Phi) is 6.41. The highest BCUT2D eigenvalue weighted by Gasteiger charge is 2.17. The first-order valence-corrected chi connectivity index (χ1v) is 14.2. The summed E-state index contributed by atoms with van der Waals surface area (Å²) in [5, 5.41) is 11.7. The van der Waals surface area contributed by atoms with Gasteiger partial charge in [0.15, 0.2) is 5.78 Å². The minimum atomic E-state index is -0.112. The number of nitrogens with zero attached hydrogens (tertiary/aromatic N) is 3. The Labute approximate surface area is 244 Å². The van der Waals surface area contributed by atoms with E-state index in [1.807, 2.05) is 72.8 Å². The Balaban J connectivity index is 1.21. The summed E-state index contributed by atoms with van der Waals surface area (Å²) in [7, 11) is 0. The van der Waals surface area contributed by atoms with Crippen molar-refractivity contribution in [2.75, 3.05) is 5.32 Å². The molecule has 0 saturated carbocycles. The lowest BCUT2D eigenvalue weighted by atomic mass is 10.1. The molecule has 5 heterocycles. The highest BCUT2D eigenvalue weighted by Crippen LogP contribution is 2.37. The van der Waals surface area contributed by atoms with Crippen LogP contribution in [-0.4, -0.2) is 36.8 Å². The second-order valence-electron chi connectivity index (χ2n) is 10.0. The van der Waals surface area contributed by atoms with Crippen LogP contribution >= 0.6 is 11.3 Å². The summed E-state index contributed by atoms with van der Waals surface area (Å²) in [5.74, 6) is -0.0488. The molecule has 2 aromatic carbocycles. The van der Waals surface area contributed by atoms with Gasteiger partial charge in [0.2, 0.25) is 5.91 Å². The van der Waals surface area contributed by atoms with Gasteiger partial charge in [0.1, 0.15) is 11.2 Å². The molecule has 0 unspecified atom stereocenters. The summed E-state index contributed by atoms with van der Waals surface area (Å²) >= 11 is 1.49. The van der Waals surface area contributed by atoms with Crippen LogP contribution < -0.4 is 5.32 Å². The van der Waals surface area contributed by atoms with Crippen molar-refractivity contribution in [1.29, 1.82) is 0 Å². The zero-order valence-corrected chi connectivity index (χ0v) is 23.3. The molecule has 0 saturated heterocycles. The highest BCUT2D eigenvalue weighted by molar-refractivity contribution is 7.17. The molecule has 0 radical (unpaired) electrons. The number of H-pyrrole nitrogens is 2. The predicted molar refractivity (Wildman–Crippen MR) is 167 cm³/mol. The number of aromatic amines is 2. The zero-order valence-electron chi connectivity index (χ0n) is 22.5. The fourth-order valence-electron chi connectivity index (χ4n) is 5.05. The standard InChI is InChI=1S/C33H24N6O2S/c1-19(40)29-12-13-30(42-29)23-8-5-9-26-24(23)16-28(36-26)33-32-27(38-39-33)11-10-25(37-32)21-15-22(18-34-17-21)35-31(41)14-20-6-3-2-4-7-20/h2-13,15-18,36H,14H2,1H3,(H,35,41)(H,38,39). The first-order valence-electron chi connectivity index (χ1n) is 13.4. The third kappa shape index (κ3) is 4.86. The van der Waals surface area contributed by atoms with Gasteiger partial charge in [-0.2, -0.15) is 5.10 Å². The molecule has 3 N–H and O–H groups in total. The Bertz CT molecular complexity index is 2110. The fraction of sp³-hybridized carbons (Fsp3) is 0.0606. The minimum absolute atomic E-state index is 0.0633. The topological polar surface area (TPSA) is 116 Å². The number of ketones is 1. The van der Waals surface area contributed by atoms with Gasteiger partial charge in [0, 0.05) is 33.1 Å². The van der Waals surface area contributed by atoms with E-state index < -0.39 is 0 Å². The van der Waals surface area contributed by atoms with E-state index in [4.69, 9.17) is 4.98 Å². The molecule has 204 valence electrons. The predicted octanol–water partition coefficient (Wildman–Crippen LogP) is 7.28. The van der Waals surface area contributed by atoms with Crippen LogP contribution in [0.4, 0.5) is 5.69 Å². The van der Waals surface area contributed by atoms with Crippen molar-refractivity contribution in [2.45, 2.75) is 13.3 Å². The van der Waals surface area contributed by atoms with Gasteiger partial charge in [-0.3, -0.25) is 19.7 Å². The Morgan fingerprint density at radius 2 is 1.79 bits per heavy atom. The molecule has 0 aliphatic carbocycles. The molecule has 9 heteroatoms. The third-order valence-electron chi connectivity index (χ3n) is 7.07. The number of hydrogen-bond donors (Lipinski definition) is 3. The normalized spacial score (nSPS) is 11.3. The molecule has 7 aromatic rings. The number of aromatic nitrogens is 5. The van der Waals surface area contributed by atoms with Gasteiger partial charge >= 0.3 is 0 Å². The number of amides is 1. The number of nitrogens with one attached hydrogen (secondary N) is 3. The van der Waals surface area contributed by atoms with E-state index in [0.29, 0.717) is 22.6 Å². The molecule has 0 spiro atoms. The lowest BCUT2D eigenvalue weighted by molar-refractivity contribution is -0.115. The highest BCUT2D eigenvalue weighted by atomic mass is 32.1. The number of Topliss-reactive ketones (excluding diaryl/α,β-unsaturated/α-hetero) is 1. The number of carbonyl (C=O) groups excluding carboxylic acids is 2. The number of hydrogen-bond acceptors (Lipinski definition) is 6. The fourth-order valence-corrected chi connectivity index (χ4v) is 5.99. The molecule has 42 heavy (non-hydrogen) atoms. The quantitative estimate of drug-likeness (QED) is 0.175. The van der Waals surface area contributed by atoms with Crippen LogP contribution in [0, 0.1) is 0 Å². The molecule has 0 aliphatic rings. The van der Waals surface area contributed by atoms with E-state index in [9.17, 15) is 9.59 Å². The maximum Gasteiger partial charge on any atom is 0.228 e. The minimum Gasteiger partial charge on any atom is -0.353 e.